The van der Waals surface area contributed by atoms with Gasteiger partial charge in [0.25, 0.3) is 5.56 Å². The van der Waals surface area contributed by atoms with Crippen molar-refractivity contribution in [2.45, 2.75) is 32.7 Å². The zero-order chi connectivity index (χ0) is 13.0. The van der Waals surface area contributed by atoms with Crippen LogP contribution in [0.4, 0.5) is 5.69 Å². The molecule has 4 nitrogen and oxygen atoms in total. The molecule has 18 heavy (non-hydrogen) atoms. The van der Waals surface area contributed by atoms with E-state index in [9.17, 15) is 4.79 Å². The molecule has 0 unspecified atom stereocenters. The molecule has 1 aromatic rings. The Morgan fingerprint density at radius 1 is 1.44 bits per heavy atom. The molecule has 2 heterocycles. The van der Waals surface area contributed by atoms with Crippen LogP contribution in [0.15, 0.2) is 17.1 Å². The predicted octanol–water partition coefficient (Wildman–Crippen LogP) is 1.80. The average Bonchev–Trinajstić information content (AvgIpc) is 2.38. The summed E-state index contributed by atoms with van der Waals surface area (Å²) in [7, 11) is 0. The maximum atomic E-state index is 11.9. The van der Waals surface area contributed by atoms with Gasteiger partial charge in [-0.25, -0.2) is 4.68 Å². The summed E-state index contributed by atoms with van der Waals surface area (Å²) in [6, 6.07) is 1.71. The van der Waals surface area contributed by atoms with Crippen molar-refractivity contribution < 1.29 is 0 Å². The first-order valence-corrected chi connectivity index (χ1v) is 7.27. The minimum Gasteiger partial charge on any atom is -0.370 e. The average molecular weight is 267 g/mol. The molecular weight excluding hydrogens is 246 g/mol. The van der Waals surface area contributed by atoms with E-state index in [0.717, 1.165) is 36.9 Å². The third-order valence-electron chi connectivity index (χ3n) is 3.53. The Kier molecular flexibility index (Phi) is 4.69. The Morgan fingerprint density at radius 3 is 2.78 bits per heavy atom. The highest BCUT2D eigenvalue weighted by atomic mass is 32.1. The van der Waals surface area contributed by atoms with Crippen molar-refractivity contribution >= 4 is 18.3 Å². The molecule has 0 aromatic carbocycles. The van der Waals surface area contributed by atoms with E-state index < -0.39 is 0 Å². The molecule has 1 aliphatic rings. The Bertz CT molecular complexity index is 438. The van der Waals surface area contributed by atoms with Crippen LogP contribution in [-0.4, -0.2) is 28.6 Å². The second kappa shape index (κ2) is 6.27. The van der Waals surface area contributed by atoms with Gasteiger partial charge in [-0.1, -0.05) is 6.92 Å². The van der Waals surface area contributed by atoms with Crippen molar-refractivity contribution in [3.8, 4) is 0 Å². The lowest BCUT2D eigenvalue weighted by Crippen LogP contribution is -2.34. The SMILES string of the molecule is CC1CCN(c2cnn(CCCS)c(=O)c2)CC1. The van der Waals surface area contributed by atoms with Crippen LogP contribution in [-0.2, 0) is 6.54 Å². The minimum absolute atomic E-state index is 0.00657. The molecule has 0 bridgehead atoms. The lowest BCUT2D eigenvalue weighted by Gasteiger charge is -2.31. The second-order valence-corrected chi connectivity index (χ2v) is 5.47. The number of rotatable bonds is 4. The van der Waals surface area contributed by atoms with Crippen LogP contribution in [0.2, 0.25) is 0 Å². The molecule has 1 fully saturated rings. The van der Waals surface area contributed by atoms with Crippen LogP contribution < -0.4 is 10.5 Å². The molecule has 5 heteroatoms. The van der Waals surface area contributed by atoms with E-state index in [1.165, 1.54) is 17.5 Å². The number of aromatic nitrogens is 2. The molecule has 1 aliphatic heterocycles. The van der Waals surface area contributed by atoms with Crippen molar-refractivity contribution in [2.75, 3.05) is 23.7 Å². The van der Waals surface area contributed by atoms with Crippen LogP contribution >= 0.6 is 12.6 Å². The lowest BCUT2D eigenvalue weighted by atomic mass is 9.99. The zero-order valence-corrected chi connectivity index (χ0v) is 11.8. The highest BCUT2D eigenvalue weighted by Crippen LogP contribution is 2.20. The first-order valence-electron chi connectivity index (χ1n) is 6.63. The Hall–Kier alpha value is -0.970. The maximum absolute atomic E-state index is 11.9. The number of nitrogens with zero attached hydrogens (tertiary/aromatic N) is 3. The third-order valence-corrected chi connectivity index (χ3v) is 3.85. The van der Waals surface area contributed by atoms with E-state index in [2.05, 4.69) is 29.6 Å². The van der Waals surface area contributed by atoms with Crippen LogP contribution in [0.1, 0.15) is 26.2 Å². The van der Waals surface area contributed by atoms with Gasteiger partial charge in [0, 0.05) is 25.7 Å². The molecule has 0 N–H and O–H groups in total. The summed E-state index contributed by atoms with van der Waals surface area (Å²) < 4.78 is 1.52. The Labute approximate surface area is 113 Å². The van der Waals surface area contributed by atoms with Gasteiger partial charge in [-0.3, -0.25) is 4.79 Å². The fourth-order valence-electron chi connectivity index (χ4n) is 2.25. The van der Waals surface area contributed by atoms with Crippen molar-refractivity contribution in [1.82, 2.24) is 9.78 Å². The van der Waals surface area contributed by atoms with E-state index in [4.69, 9.17) is 0 Å². The molecular formula is C13H21N3OS. The Balaban J connectivity index is 2.06. The molecule has 0 radical (unpaired) electrons. The molecule has 100 valence electrons. The molecule has 0 amide bonds. The predicted molar refractivity (Wildman–Crippen MR) is 77.6 cm³/mol. The Morgan fingerprint density at radius 2 is 2.17 bits per heavy atom. The summed E-state index contributed by atoms with van der Waals surface area (Å²) >= 11 is 4.15. The van der Waals surface area contributed by atoms with Crippen LogP contribution in [0.5, 0.6) is 0 Å². The van der Waals surface area contributed by atoms with E-state index in [1.54, 1.807) is 6.07 Å². The van der Waals surface area contributed by atoms with Gasteiger partial charge in [-0.05, 0) is 30.9 Å². The number of aryl methyl sites for hydroxylation is 1. The van der Waals surface area contributed by atoms with Gasteiger partial charge in [0.1, 0.15) is 0 Å². The molecule has 1 aromatic heterocycles. The summed E-state index contributed by atoms with van der Waals surface area (Å²) in [4.78, 5) is 14.2. The summed E-state index contributed by atoms with van der Waals surface area (Å²) in [5.74, 6) is 1.57. The second-order valence-electron chi connectivity index (χ2n) is 5.02. The summed E-state index contributed by atoms with van der Waals surface area (Å²) in [5.41, 5.74) is 0.960. The third kappa shape index (κ3) is 3.28. The minimum atomic E-state index is -0.00657. The molecule has 0 atom stereocenters. The fraction of sp³-hybridized carbons (Fsp3) is 0.692. The monoisotopic (exact) mass is 267 g/mol. The quantitative estimate of drug-likeness (QED) is 0.845. The highest BCUT2D eigenvalue weighted by molar-refractivity contribution is 7.80. The number of anilines is 1. The van der Waals surface area contributed by atoms with Crippen molar-refractivity contribution in [3.05, 3.63) is 22.6 Å². The zero-order valence-electron chi connectivity index (χ0n) is 10.9. The number of hydrogen-bond donors (Lipinski definition) is 1. The summed E-state index contributed by atoms with van der Waals surface area (Å²) in [5, 5.41) is 4.24. The summed E-state index contributed by atoms with van der Waals surface area (Å²) in [6.07, 6.45) is 5.08. The number of thiol groups is 1. The van der Waals surface area contributed by atoms with E-state index in [0.29, 0.717) is 6.54 Å². The maximum Gasteiger partial charge on any atom is 0.268 e. The van der Waals surface area contributed by atoms with Crippen LogP contribution in [0, 0.1) is 5.92 Å². The summed E-state index contributed by atoms with van der Waals surface area (Å²) in [6.45, 7) is 5.00. The van der Waals surface area contributed by atoms with Crippen molar-refractivity contribution in [2.24, 2.45) is 5.92 Å². The molecule has 0 aliphatic carbocycles. The van der Waals surface area contributed by atoms with Gasteiger partial charge in [0.05, 0.1) is 11.9 Å². The van der Waals surface area contributed by atoms with Gasteiger partial charge in [0.15, 0.2) is 0 Å². The molecule has 1 saturated heterocycles. The van der Waals surface area contributed by atoms with Crippen LogP contribution in [0.3, 0.4) is 0 Å². The van der Waals surface area contributed by atoms with Crippen molar-refractivity contribution in [3.63, 3.8) is 0 Å². The van der Waals surface area contributed by atoms with E-state index in [-0.39, 0.29) is 5.56 Å². The van der Waals surface area contributed by atoms with Crippen LogP contribution in [0.25, 0.3) is 0 Å². The first kappa shape index (κ1) is 13.5. The molecule has 0 saturated carbocycles. The van der Waals surface area contributed by atoms with Gasteiger partial charge in [-0.2, -0.15) is 17.7 Å². The molecule has 0 spiro atoms. The first-order chi connectivity index (χ1) is 8.70. The normalized spacial score (nSPS) is 17.1. The number of hydrogen-bond acceptors (Lipinski definition) is 4. The van der Waals surface area contributed by atoms with Gasteiger partial charge >= 0.3 is 0 Å². The smallest absolute Gasteiger partial charge is 0.268 e. The number of piperidine rings is 1. The van der Waals surface area contributed by atoms with Gasteiger partial charge in [-0.15, -0.1) is 0 Å². The van der Waals surface area contributed by atoms with E-state index >= 15 is 0 Å². The van der Waals surface area contributed by atoms with Gasteiger partial charge in [0.2, 0.25) is 0 Å². The highest BCUT2D eigenvalue weighted by Gasteiger charge is 2.16. The van der Waals surface area contributed by atoms with Crippen molar-refractivity contribution in [1.29, 1.82) is 0 Å². The van der Waals surface area contributed by atoms with E-state index in [1.807, 2.05) is 6.20 Å². The topological polar surface area (TPSA) is 38.1 Å². The fourth-order valence-corrected chi connectivity index (χ4v) is 2.39. The molecule has 2 rings (SSSR count). The largest absolute Gasteiger partial charge is 0.370 e. The standard InChI is InChI=1S/C13H21N3OS/c1-11-3-6-15(7-4-11)12-9-13(17)16(14-10-12)5-2-8-18/h9-11,18H,2-8H2,1H3. The lowest BCUT2D eigenvalue weighted by molar-refractivity contribution is 0.437. The van der Waals surface area contributed by atoms with Gasteiger partial charge < -0.3 is 4.90 Å².